The minimum absolute atomic E-state index is 0.0264. The highest BCUT2D eigenvalue weighted by Gasteiger charge is 2.05. The largest absolute Gasteiger partial charge is 0.305 e. The van der Waals surface area contributed by atoms with Gasteiger partial charge in [-0.2, -0.15) is 0 Å². The molecule has 0 amide bonds. The standard InChI is InChI=1S/C11H18NP/c1-12(2)9-10-7-5-6-8-11(10)13(3)4/h5-8H,9H2,1-4H3. The Bertz CT molecular complexity index is 269. The maximum Gasteiger partial charge on any atom is 0.0233 e. The first-order chi connectivity index (χ1) is 6.11. The van der Waals surface area contributed by atoms with Crippen molar-refractivity contribution in [3.63, 3.8) is 0 Å². The summed E-state index contributed by atoms with van der Waals surface area (Å²) in [6.07, 6.45) is 0. The average Bonchev–Trinajstić information content (AvgIpc) is 2.03. The van der Waals surface area contributed by atoms with E-state index in [4.69, 9.17) is 0 Å². The topological polar surface area (TPSA) is 3.24 Å². The van der Waals surface area contributed by atoms with Crippen molar-refractivity contribution < 1.29 is 0 Å². The molecular weight excluding hydrogens is 177 g/mol. The van der Waals surface area contributed by atoms with Gasteiger partial charge in [-0.15, -0.1) is 0 Å². The summed E-state index contributed by atoms with van der Waals surface area (Å²) in [6.45, 7) is 5.67. The monoisotopic (exact) mass is 195 g/mol. The van der Waals surface area contributed by atoms with Crippen LogP contribution in [0.3, 0.4) is 0 Å². The van der Waals surface area contributed by atoms with Crippen LogP contribution < -0.4 is 5.30 Å². The van der Waals surface area contributed by atoms with E-state index in [2.05, 4.69) is 56.6 Å². The maximum atomic E-state index is 2.31. The van der Waals surface area contributed by atoms with Gasteiger partial charge in [0.2, 0.25) is 0 Å². The number of benzene rings is 1. The first-order valence-corrected chi connectivity index (χ1v) is 6.75. The third-order valence-corrected chi connectivity index (χ3v) is 3.36. The average molecular weight is 195 g/mol. The van der Waals surface area contributed by atoms with Crippen LogP contribution in [0.1, 0.15) is 5.56 Å². The molecule has 0 atom stereocenters. The molecular formula is C11H18NP. The summed E-state index contributed by atoms with van der Waals surface area (Å²) in [6, 6.07) is 8.75. The van der Waals surface area contributed by atoms with Gasteiger partial charge in [-0.25, -0.2) is 0 Å². The van der Waals surface area contributed by atoms with Crippen molar-refractivity contribution in [3.8, 4) is 0 Å². The molecule has 72 valence electrons. The molecule has 2 heteroatoms. The van der Waals surface area contributed by atoms with Gasteiger partial charge in [-0.1, -0.05) is 32.2 Å². The second-order valence-corrected chi connectivity index (χ2v) is 6.03. The molecule has 0 bridgehead atoms. The van der Waals surface area contributed by atoms with Gasteiger partial charge in [0.05, 0.1) is 0 Å². The van der Waals surface area contributed by atoms with Gasteiger partial charge in [0, 0.05) is 6.54 Å². The third-order valence-electron chi connectivity index (χ3n) is 1.96. The molecule has 13 heavy (non-hydrogen) atoms. The second-order valence-electron chi connectivity index (χ2n) is 3.76. The van der Waals surface area contributed by atoms with Gasteiger partial charge in [0.1, 0.15) is 0 Å². The Balaban J connectivity index is 2.91. The second kappa shape index (κ2) is 4.74. The van der Waals surface area contributed by atoms with Crippen LogP contribution in [0, 0.1) is 0 Å². The summed E-state index contributed by atoms with van der Waals surface area (Å²) in [5.41, 5.74) is 1.48. The minimum Gasteiger partial charge on any atom is -0.305 e. The predicted molar refractivity (Wildman–Crippen MR) is 62.2 cm³/mol. The van der Waals surface area contributed by atoms with Crippen molar-refractivity contribution in [2.24, 2.45) is 0 Å². The number of nitrogens with zero attached hydrogens (tertiary/aromatic N) is 1. The van der Waals surface area contributed by atoms with E-state index in [9.17, 15) is 0 Å². The van der Waals surface area contributed by atoms with E-state index in [-0.39, 0.29) is 7.92 Å². The first-order valence-electron chi connectivity index (χ1n) is 4.51. The molecule has 1 nitrogen and oxygen atoms in total. The van der Waals surface area contributed by atoms with Crippen molar-refractivity contribution >= 4 is 13.2 Å². The van der Waals surface area contributed by atoms with Gasteiger partial charge in [0.25, 0.3) is 0 Å². The van der Waals surface area contributed by atoms with E-state index in [1.165, 1.54) is 10.9 Å². The Hall–Kier alpha value is -0.390. The number of hydrogen-bond donors (Lipinski definition) is 0. The van der Waals surface area contributed by atoms with E-state index >= 15 is 0 Å². The quantitative estimate of drug-likeness (QED) is 0.668. The van der Waals surface area contributed by atoms with Gasteiger partial charge >= 0.3 is 0 Å². The van der Waals surface area contributed by atoms with Gasteiger partial charge in [-0.3, -0.25) is 0 Å². The Kier molecular flexibility index (Phi) is 3.90. The smallest absolute Gasteiger partial charge is 0.0233 e. The molecule has 0 radical (unpaired) electrons. The molecule has 0 fully saturated rings. The Morgan fingerprint density at radius 3 is 2.31 bits per heavy atom. The van der Waals surface area contributed by atoms with Gasteiger partial charge < -0.3 is 4.90 Å². The van der Waals surface area contributed by atoms with E-state index in [0.29, 0.717) is 0 Å². The highest BCUT2D eigenvalue weighted by molar-refractivity contribution is 7.64. The molecule has 0 aliphatic heterocycles. The number of rotatable bonds is 3. The summed E-state index contributed by atoms with van der Waals surface area (Å²) in [5, 5.41) is 1.53. The van der Waals surface area contributed by atoms with Crippen LogP contribution in [0.5, 0.6) is 0 Å². The zero-order chi connectivity index (χ0) is 9.84. The highest BCUT2D eigenvalue weighted by atomic mass is 31.1. The van der Waals surface area contributed by atoms with E-state index in [1.54, 1.807) is 0 Å². The molecule has 0 N–H and O–H groups in total. The SMILES string of the molecule is CN(C)Cc1ccccc1P(C)C. The minimum atomic E-state index is 0.0264. The van der Waals surface area contributed by atoms with E-state index < -0.39 is 0 Å². The molecule has 0 saturated carbocycles. The van der Waals surface area contributed by atoms with Crippen molar-refractivity contribution in [2.45, 2.75) is 6.54 Å². The fourth-order valence-corrected chi connectivity index (χ4v) is 2.53. The van der Waals surface area contributed by atoms with Crippen LogP contribution in [0.25, 0.3) is 0 Å². The Morgan fingerprint density at radius 2 is 1.77 bits per heavy atom. The molecule has 0 aliphatic carbocycles. The zero-order valence-corrected chi connectivity index (χ0v) is 9.81. The van der Waals surface area contributed by atoms with Crippen LogP contribution >= 0.6 is 7.92 Å². The molecule has 0 unspecified atom stereocenters. The third kappa shape index (κ3) is 3.10. The van der Waals surface area contributed by atoms with Crippen molar-refractivity contribution in [1.82, 2.24) is 4.90 Å². The van der Waals surface area contributed by atoms with Crippen molar-refractivity contribution in [1.29, 1.82) is 0 Å². The Labute approximate surface area is 82.5 Å². The lowest BCUT2D eigenvalue weighted by atomic mass is 10.2. The number of hydrogen-bond acceptors (Lipinski definition) is 1. The fraction of sp³-hybridized carbons (Fsp3) is 0.455. The van der Waals surface area contributed by atoms with Crippen LogP contribution in [-0.2, 0) is 6.54 Å². The van der Waals surface area contributed by atoms with Crippen LogP contribution in [0.15, 0.2) is 24.3 Å². The predicted octanol–water partition coefficient (Wildman–Crippen LogP) is 2.12. The van der Waals surface area contributed by atoms with Gasteiger partial charge in [-0.05, 0) is 38.3 Å². The summed E-state index contributed by atoms with van der Waals surface area (Å²) < 4.78 is 0. The molecule has 0 aliphatic rings. The van der Waals surface area contributed by atoms with Crippen LogP contribution in [-0.4, -0.2) is 32.3 Å². The lowest BCUT2D eigenvalue weighted by molar-refractivity contribution is 0.403. The molecule has 1 aromatic rings. The molecule has 0 spiro atoms. The summed E-state index contributed by atoms with van der Waals surface area (Å²) in [7, 11) is 4.26. The van der Waals surface area contributed by atoms with E-state index in [1.807, 2.05) is 0 Å². The fourth-order valence-electron chi connectivity index (χ4n) is 1.42. The zero-order valence-electron chi connectivity index (χ0n) is 8.91. The van der Waals surface area contributed by atoms with Gasteiger partial charge in [0.15, 0.2) is 0 Å². The van der Waals surface area contributed by atoms with Crippen LogP contribution in [0.4, 0.5) is 0 Å². The molecule has 1 rings (SSSR count). The molecule has 1 aromatic carbocycles. The van der Waals surface area contributed by atoms with E-state index in [0.717, 1.165) is 6.54 Å². The first kappa shape index (κ1) is 10.7. The highest BCUT2D eigenvalue weighted by Crippen LogP contribution is 2.25. The maximum absolute atomic E-state index is 2.31. The normalized spacial score (nSPS) is 11.2. The van der Waals surface area contributed by atoms with Crippen molar-refractivity contribution in [3.05, 3.63) is 29.8 Å². The molecule has 0 heterocycles. The molecule has 0 saturated heterocycles. The van der Waals surface area contributed by atoms with Crippen molar-refractivity contribution in [2.75, 3.05) is 27.4 Å². The summed E-state index contributed by atoms with van der Waals surface area (Å²) in [5.74, 6) is 0. The van der Waals surface area contributed by atoms with Crippen LogP contribution in [0.2, 0.25) is 0 Å². The molecule has 0 aromatic heterocycles. The summed E-state index contributed by atoms with van der Waals surface area (Å²) >= 11 is 0. The lowest BCUT2D eigenvalue weighted by Gasteiger charge is -2.16. The Morgan fingerprint density at radius 1 is 1.15 bits per heavy atom. The lowest BCUT2D eigenvalue weighted by Crippen LogP contribution is -2.17. The summed E-state index contributed by atoms with van der Waals surface area (Å²) in [4.78, 5) is 2.22.